The van der Waals surface area contributed by atoms with Crippen molar-refractivity contribution >= 4 is 23.1 Å². The largest absolute Gasteiger partial charge is 0.427 e. The van der Waals surface area contributed by atoms with Crippen LogP contribution < -0.4 is 9.47 Å². The molecule has 2 aromatic carbocycles. The molecule has 1 atom stereocenters. The molecular formula is C22H22O4. The SMILES string of the molecule is CCC1C(c2ccc(OC(C)=O)cc2)=C(C)c2cc(OC(C)=O)ccc21. The third-order valence-electron chi connectivity index (χ3n) is 4.65. The van der Waals surface area contributed by atoms with Gasteiger partial charge in [-0.3, -0.25) is 9.59 Å². The molecule has 4 heteroatoms. The fraction of sp³-hybridized carbons (Fsp3) is 0.273. The molecule has 0 amide bonds. The maximum Gasteiger partial charge on any atom is 0.308 e. The zero-order valence-corrected chi connectivity index (χ0v) is 15.5. The van der Waals surface area contributed by atoms with Crippen molar-refractivity contribution in [2.24, 2.45) is 0 Å². The van der Waals surface area contributed by atoms with Crippen LogP contribution in [0, 0.1) is 0 Å². The van der Waals surface area contributed by atoms with Crippen LogP contribution in [0.5, 0.6) is 11.5 Å². The van der Waals surface area contributed by atoms with Gasteiger partial charge in [0.05, 0.1) is 0 Å². The van der Waals surface area contributed by atoms with Crippen LogP contribution in [-0.4, -0.2) is 11.9 Å². The minimum Gasteiger partial charge on any atom is -0.427 e. The highest BCUT2D eigenvalue weighted by atomic mass is 16.5. The number of ether oxygens (including phenoxy) is 2. The number of esters is 2. The lowest BCUT2D eigenvalue weighted by Gasteiger charge is -2.16. The lowest BCUT2D eigenvalue weighted by Crippen LogP contribution is -2.02. The Balaban J connectivity index is 2.00. The Morgan fingerprint density at radius 1 is 0.923 bits per heavy atom. The van der Waals surface area contributed by atoms with Crippen molar-refractivity contribution in [3.05, 3.63) is 59.2 Å². The highest BCUT2D eigenvalue weighted by molar-refractivity contribution is 5.99. The maximum atomic E-state index is 11.2. The van der Waals surface area contributed by atoms with E-state index in [1.165, 1.54) is 30.6 Å². The number of carbonyl (C=O) groups excluding carboxylic acids is 2. The second kappa shape index (κ2) is 7.16. The molecule has 0 bridgehead atoms. The molecule has 0 saturated heterocycles. The quantitative estimate of drug-likeness (QED) is 0.577. The van der Waals surface area contributed by atoms with Gasteiger partial charge >= 0.3 is 11.9 Å². The molecule has 0 aromatic heterocycles. The van der Waals surface area contributed by atoms with E-state index in [0.29, 0.717) is 11.5 Å². The van der Waals surface area contributed by atoms with Gasteiger partial charge in [-0.2, -0.15) is 0 Å². The summed E-state index contributed by atoms with van der Waals surface area (Å²) in [5.74, 6) is 0.747. The van der Waals surface area contributed by atoms with Crippen molar-refractivity contribution in [1.29, 1.82) is 0 Å². The maximum absolute atomic E-state index is 11.2. The van der Waals surface area contributed by atoms with Gasteiger partial charge < -0.3 is 9.47 Å². The highest BCUT2D eigenvalue weighted by Crippen LogP contribution is 2.49. The van der Waals surface area contributed by atoms with Crippen LogP contribution in [0.4, 0.5) is 0 Å². The number of allylic oxidation sites excluding steroid dienone is 2. The highest BCUT2D eigenvalue weighted by Gasteiger charge is 2.29. The van der Waals surface area contributed by atoms with E-state index in [9.17, 15) is 9.59 Å². The van der Waals surface area contributed by atoms with Crippen molar-refractivity contribution in [3.63, 3.8) is 0 Å². The summed E-state index contributed by atoms with van der Waals surface area (Å²) >= 11 is 0. The molecule has 0 fully saturated rings. The minimum absolute atomic E-state index is 0.288. The number of carbonyl (C=O) groups is 2. The first-order valence-electron chi connectivity index (χ1n) is 8.73. The standard InChI is InChI=1S/C22H22O4/c1-5-19-20-11-10-18(26-15(4)24)12-21(20)13(2)22(19)16-6-8-17(9-7-16)25-14(3)23/h6-12,19H,5H2,1-4H3. The van der Waals surface area contributed by atoms with Crippen LogP contribution in [0.25, 0.3) is 11.1 Å². The van der Waals surface area contributed by atoms with Crippen LogP contribution in [0.1, 0.15) is 56.7 Å². The molecule has 0 heterocycles. The van der Waals surface area contributed by atoms with E-state index >= 15 is 0 Å². The van der Waals surface area contributed by atoms with Crippen LogP contribution >= 0.6 is 0 Å². The Labute approximate surface area is 153 Å². The van der Waals surface area contributed by atoms with Crippen molar-refractivity contribution in [2.45, 2.75) is 40.0 Å². The molecule has 0 spiro atoms. The van der Waals surface area contributed by atoms with Gasteiger partial charge in [0.25, 0.3) is 0 Å². The molecule has 3 rings (SSSR count). The lowest BCUT2D eigenvalue weighted by molar-refractivity contribution is -0.132. The minimum atomic E-state index is -0.328. The Morgan fingerprint density at radius 2 is 1.50 bits per heavy atom. The van der Waals surface area contributed by atoms with Gasteiger partial charge in [0.2, 0.25) is 0 Å². The molecular weight excluding hydrogens is 328 g/mol. The van der Waals surface area contributed by atoms with Gasteiger partial charge in [0, 0.05) is 19.8 Å². The van der Waals surface area contributed by atoms with Crippen LogP contribution in [0.3, 0.4) is 0 Å². The summed E-state index contributed by atoms with van der Waals surface area (Å²) in [7, 11) is 0. The topological polar surface area (TPSA) is 52.6 Å². The Bertz CT molecular complexity index is 891. The first-order chi connectivity index (χ1) is 12.4. The summed E-state index contributed by atoms with van der Waals surface area (Å²) in [4.78, 5) is 22.3. The fourth-order valence-electron chi connectivity index (χ4n) is 3.67. The molecule has 0 N–H and O–H groups in total. The molecule has 0 saturated carbocycles. The summed E-state index contributed by atoms with van der Waals surface area (Å²) < 4.78 is 10.4. The molecule has 0 aliphatic heterocycles. The van der Waals surface area contributed by atoms with Crippen molar-refractivity contribution in [2.75, 3.05) is 0 Å². The zero-order valence-electron chi connectivity index (χ0n) is 15.5. The second-order valence-electron chi connectivity index (χ2n) is 6.46. The van der Waals surface area contributed by atoms with Crippen LogP contribution in [0.15, 0.2) is 42.5 Å². The Kier molecular flexibility index (Phi) is 4.94. The summed E-state index contributed by atoms with van der Waals surface area (Å²) in [6, 6.07) is 13.4. The smallest absolute Gasteiger partial charge is 0.308 e. The fourth-order valence-corrected chi connectivity index (χ4v) is 3.67. The van der Waals surface area contributed by atoms with Crippen molar-refractivity contribution in [1.82, 2.24) is 0 Å². The van der Waals surface area contributed by atoms with Gasteiger partial charge in [-0.15, -0.1) is 0 Å². The predicted molar refractivity (Wildman–Crippen MR) is 101 cm³/mol. The van der Waals surface area contributed by atoms with E-state index in [-0.39, 0.29) is 17.9 Å². The lowest BCUT2D eigenvalue weighted by atomic mass is 9.89. The molecule has 4 nitrogen and oxygen atoms in total. The van der Waals surface area contributed by atoms with Crippen molar-refractivity contribution in [3.8, 4) is 11.5 Å². The van der Waals surface area contributed by atoms with E-state index in [1.54, 1.807) is 0 Å². The summed E-state index contributed by atoms with van der Waals surface area (Å²) in [6.07, 6.45) is 0.971. The molecule has 1 unspecified atom stereocenters. The summed E-state index contributed by atoms with van der Waals surface area (Å²) in [6.45, 7) is 7.06. The Morgan fingerprint density at radius 3 is 2.08 bits per heavy atom. The average molecular weight is 350 g/mol. The second-order valence-corrected chi connectivity index (χ2v) is 6.46. The first kappa shape index (κ1) is 17.9. The van der Waals surface area contributed by atoms with E-state index in [1.807, 2.05) is 42.5 Å². The first-order valence-corrected chi connectivity index (χ1v) is 8.73. The molecule has 1 aliphatic rings. The van der Waals surface area contributed by atoms with E-state index in [4.69, 9.17) is 9.47 Å². The molecule has 2 aromatic rings. The molecule has 0 radical (unpaired) electrons. The van der Waals surface area contributed by atoms with Gasteiger partial charge in [0.1, 0.15) is 11.5 Å². The van der Waals surface area contributed by atoms with Crippen LogP contribution in [-0.2, 0) is 9.59 Å². The van der Waals surface area contributed by atoms with E-state index in [2.05, 4.69) is 13.8 Å². The number of hydrogen-bond donors (Lipinski definition) is 0. The van der Waals surface area contributed by atoms with E-state index < -0.39 is 0 Å². The number of rotatable bonds is 4. The van der Waals surface area contributed by atoms with Gasteiger partial charge in [-0.05, 0) is 65.4 Å². The van der Waals surface area contributed by atoms with E-state index in [0.717, 1.165) is 17.5 Å². The number of benzene rings is 2. The van der Waals surface area contributed by atoms with Gasteiger partial charge in [-0.25, -0.2) is 0 Å². The number of fused-ring (bicyclic) bond motifs is 1. The zero-order chi connectivity index (χ0) is 18.8. The number of hydrogen-bond acceptors (Lipinski definition) is 4. The normalized spacial score (nSPS) is 15.6. The summed E-state index contributed by atoms with van der Waals surface area (Å²) in [5, 5.41) is 0. The third-order valence-corrected chi connectivity index (χ3v) is 4.65. The molecule has 26 heavy (non-hydrogen) atoms. The molecule has 134 valence electrons. The van der Waals surface area contributed by atoms with Crippen molar-refractivity contribution < 1.29 is 19.1 Å². The summed E-state index contributed by atoms with van der Waals surface area (Å²) in [5.41, 5.74) is 5.92. The van der Waals surface area contributed by atoms with Gasteiger partial charge in [-0.1, -0.05) is 25.1 Å². The molecule has 1 aliphatic carbocycles. The average Bonchev–Trinajstić information content (AvgIpc) is 2.86. The van der Waals surface area contributed by atoms with Crippen LogP contribution in [0.2, 0.25) is 0 Å². The Hall–Kier alpha value is -2.88. The monoisotopic (exact) mass is 350 g/mol. The predicted octanol–water partition coefficient (Wildman–Crippen LogP) is 4.98. The third kappa shape index (κ3) is 3.40. The van der Waals surface area contributed by atoms with Gasteiger partial charge in [0.15, 0.2) is 0 Å².